The largest absolute Gasteiger partial charge is 0.493 e. The maximum Gasteiger partial charge on any atom is 0.264 e. The van der Waals surface area contributed by atoms with E-state index in [2.05, 4.69) is 5.32 Å². The van der Waals surface area contributed by atoms with Gasteiger partial charge in [-0.1, -0.05) is 54.8 Å². The van der Waals surface area contributed by atoms with Crippen molar-refractivity contribution in [3.05, 3.63) is 83.4 Å². The van der Waals surface area contributed by atoms with Gasteiger partial charge in [0.15, 0.2) is 11.5 Å². The zero-order chi connectivity index (χ0) is 30.3. The molecule has 9 nitrogen and oxygen atoms in total. The van der Waals surface area contributed by atoms with Gasteiger partial charge in [-0.3, -0.25) is 13.9 Å². The van der Waals surface area contributed by atoms with Crippen LogP contribution in [-0.2, 0) is 26.2 Å². The molecule has 42 heavy (non-hydrogen) atoms. The summed E-state index contributed by atoms with van der Waals surface area (Å²) in [7, 11) is -1.28. The summed E-state index contributed by atoms with van der Waals surface area (Å²) in [6.45, 7) is 1.15. The number of ether oxygens (including phenoxy) is 2. The molecule has 1 aliphatic carbocycles. The van der Waals surface area contributed by atoms with E-state index in [0.717, 1.165) is 30.0 Å². The first kappa shape index (κ1) is 31.2. The number of hydrogen-bond acceptors (Lipinski definition) is 6. The smallest absolute Gasteiger partial charge is 0.264 e. The Morgan fingerprint density at radius 1 is 0.952 bits per heavy atom. The molecule has 0 unspecified atom stereocenters. The number of anilines is 1. The Hall–Kier alpha value is -3.76. The molecule has 11 heteroatoms. The summed E-state index contributed by atoms with van der Waals surface area (Å²) in [6.07, 6.45) is 3.87. The third-order valence-corrected chi connectivity index (χ3v) is 9.40. The molecule has 0 bridgehead atoms. The van der Waals surface area contributed by atoms with E-state index >= 15 is 0 Å². The maximum atomic E-state index is 14.1. The van der Waals surface area contributed by atoms with Gasteiger partial charge in [0, 0.05) is 23.7 Å². The van der Waals surface area contributed by atoms with E-state index < -0.39 is 28.5 Å². The van der Waals surface area contributed by atoms with Crippen molar-refractivity contribution in [2.75, 3.05) is 25.1 Å². The highest BCUT2D eigenvalue weighted by Crippen LogP contribution is 2.34. The Morgan fingerprint density at radius 2 is 1.64 bits per heavy atom. The van der Waals surface area contributed by atoms with Crippen LogP contribution in [0.3, 0.4) is 0 Å². The fourth-order valence-electron chi connectivity index (χ4n) is 5.04. The zero-order valence-corrected chi connectivity index (χ0v) is 25.5. The van der Waals surface area contributed by atoms with Gasteiger partial charge in [-0.15, -0.1) is 0 Å². The first-order valence-electron chi connectivity index (χ1n) is 13.8. The van der Waals surface area contributed by atoms with Crippen molar-refractivity contribution in [3.8, 4) is 11.5 Å². The second kappa shape index (κ2) is 13.9. The monoisotopic (exact) mass is 613 g/mol. The molecule has 0 aromatic heterocycles. The quantitative estimate of drug-likeness (QED) is 0.307. The van der Waals surface area contributed by atoms with Crippen molar-refractivity contribution < 1.29 is 27.5 Å². The molecule has 0 saturated heterocycles. The summed E-state index contributed by atoms with van der Waals surface area (Å²) in [5, 5.41) is 3.55. The third kappa shape index (κ3) is 7.35. The normalized spacial score (nSPS) is 14.2. The van der Waals surface area contributed by atoms with Crippen molar-refractivity contribution in [2.24, 2.45) is 0 Å². The fourth-order valence-corrected chi connectivity index (χ4v) is 6.67. The molecule has 1 saturated carbocycles. The summed E-state index contributed by atoms with van der Waals surface area (Å²) >= 11 is 6.22. The van der Waals surface area contributed by atoms with Gasteiger partial charge in [-0.05, 0) is 61.7 Å². The van der Waals surface area contributed by atoms with E-state index in [9.17, 15) is 18.0 Å². The minimum absolute atomic E-state index is 0.0148. The van der Waals surface area contributed by atoms with Gasteiger partial charge in [-0.2, -0.15) is 0 Å². The van der Waals surface area contributed by atoms with Crippen molar-refractivity contribution in [2.45, 2.75) is 56.1 Å². The van der Waals surface area contributed by atoms with Crippen molar-refractivity contribution in [1.82, 2.24) is 10.2 Å². The summed E-state index contributed by atoms with van der Waals surface area (Å²) in [6, 6.07) is 18.7. The minimum atomic E-state index is -4.20. The molecule has 0 radical (unpaired) electrons. The van der Waals surface area contributed by atoms with Gasteiger partial charge in [-0.25, -0.2) is 8.42 Å². The van der Waals surface area contributed by atoms with Crippen LogP contribution in [0.4, 0.5) is 5.69 Å². The van der Waals surface area contributed by atoms with E-state index in [1.165, 1.54) is 37.3 Å². The van der Waals surface area contributed by atoms with E-state index in [4.69, 9.17) is 21.1 Å². The minimum Gasteiger partial charge on any atom is -0.493 e. The van der Waals surface area contributed by atoms with Crippen LogP contribution in [0.25, 0.3) is 0 Å². The van der Waals surface area contributed by atoms with Crippen LogP contribution in [0.1, 0.15) is 38.2 Å². The SMILES string of the molecule is COc1ccc(N(CC(=O)N(Cc2cccc(Cl)c2)[C@H](C)C(=O)NC2CCCC2)S(=O)(=O)c2ccccc2)cc1OC. The van der Waals surface area contributed by atoms with Crippen LogP contribution in [-0.4, -0.2) is 58.0 Å². The number of carbonyl (C=O) groups excluding carboxylic acids is 2. The highest BCUT2D eigenvalue weighted by Gasteiger charge is 2.33. The van der Waals surface area contributed by atoms with Crippen LogP contribution in [0, 0.1) is 0 Å². The summed E-state index contributed by atoms with van der Waals surface area (Å²) in [5.74, 6) is -0.139. The molecule has 3 aromatic carbocycles. The number of hydrogen-bond donors (Lipinski definition) is 1. The molecular weight excluding hydrogens is 578 g/mol. The van der Waals surface area contributed by atoms with Gasteiger partial charge >= 0.3 is 0 Å². The number of amides is 2. The fraction of sp³-hybridized carbons (Fsp3) is 0.355. The van der Waals surface area contributed by atoms with Gasteiger partial charge < -0.3 is 19.7 Å². The summed E-state index contributed by atoms with van der Waals surface area (Å²) in [4.78, 5) is 28.9. The Morgan fingerprint density at radius 3 is 2.29 bits per heavy atom. The highest BCUT2D eigenvalue weighted by atomic mass is 35.5. The van der Waals surface area contributed by atoms with E-state index in [0.29, 0.717) is 22.1 Å². The first-order valence-corrected chi connectivity index (χ1v) is 15.6. The molecule has 1 fully saturated rings. The Kier molecular flexibility index (Phi) is 10.3. The lowest BCUT2D eigenvalue weighted by atomic mass is 10.1. The first-order chi connectivity index (χ1) is 20.1. The number of sulfonamides is 1. The number of methoxy groups -OCH3 is 2. The van der Waals surface area contributed by atoms with Crippen molar-refractivity contribution >= 4 is 39.1 Å². The highest BCUT2D eigenvalue weighted by molar-refractivity contribution is 7.92. The number of benzene rings is 3. The van der Waals surface area contributed by atoms with Gasteiger partial charge in [0.1, 0.15) is 12.6 Å². The molecule has 0 aliphatic heterocycles. The third-order valence-electron chi connectivity index (χ3n) is 7.38. The van der Waals surface area contributed by atoms with E-state index in [1.54, 1.807) is 61.5 Å². The topological polar surface area (TPSA) is 105 Å². The number of nitrogens with one attached hydrogen (secondary N) is 1. The number of halogens is 1. The predicted octanol–water partition coefficient (Wildman–Crippen LogP) is 5.03. The Balaban J connectivity index is 1.72. The van der Waals surface area contributed by atoms with Crippen LogP contribution in [0.2, 0.25) is 5.02 Å². The van der Waals surface area contributed by atoms with Gasteiger partial charge in [0.2, 0.25) is 11.8 Å². The van der Waals surface area contributed by atoms with Crippen LogP contribution < -0.4 is 19.1 Å². The van der Waals surface area contributed by atoms with Gasteiger partial charge in [0.25, 0.3) is 10.0 Å². The van der Waals surface area contributed by atoms with Crippen LogP contribution in [0.15, 0.2) is 77.7 Å². The lowest BCUT2D eigenvalue weighted by Gasteiger charge is -2.32. The molecule has 0 heterocycles. The average Bonchev–Trinajstić information content (AvgIpc) is 3.51. The van der Waals surface area contributed by atoms with Crippen molar-refractivity contribution in [3.63, 3.8) is 0 Å². The predicted molar refractivity (Wildman–Crippen MR) is 162 cm³/mol. The van der Waals surface area contributed by atoms with Crippen molar-refractivity contribution in [1.29, 1.82) is 0 Å². The van der Waals surface area contributed by atoms with E-state index in [1.807, 2.05) is 0 Å². The number of carbonyl (C=O) groups is 2. The molecule has 0 spiro atoms. The summed E-state index contributed by atoms with van der Waals surface area (Å²) < 4.78 is 39.7. The Labute approximate surface area is 252 Å². The molecule has 224 valence electrons. The van der Waals surface area contributed by atoms with Gasteiger partial charge in [0.05, 0.1) is 24.8 Å². The molecule has 4 rings (SSSR count). The van der Waals surface area contributed by atoms with Crippen LogP contribution >= 0.6 is 11.6 Å². The molecular formula is C31H36ClN3O6S. The second-order valence-corrected chi connectivity index (χ2v) is 12.5. The summed E-state index contributed by atoms with van der Waals surface area (Å²) in [5.41, 5.74) is 0.913. The average molecular weight is 614 g/mol. The zero-order valence-electron chi connectivity index (χ0n) is 24.0. The maximum absolute atomic E-state index is 14.1. The van der Waals surface area contributed by atoms with E-state index in [-0.39, 0.29) is 29.1 Å². The molecule has 2 amide bonds. The Bertz CT molecular complexity index is 1500. The standard InChI is InChI=1S/C31H36ClN3O6S/c1-22(31(37)33-25-12-7-8-13-25)34(20-23-10-9-11-24(32)18-23)30(36)21-35(42(38,39)27-14-5-4-6-15-27)26-16-17-28(40-2)29(19-26)41-3/h4-6,9-11,14-19,22,25H,7-8,12-13,20-21H2,1-3H3,(H,33,37)/t22-/m1/s1. The van der Waals surface area contributed by atoms with Crippen LogP contribution in [0.5, 0.6) is 11.5 Å². The number of rotatable bonds is 12. The molecule has 3 aromatic rings. The second-order valence-electron chi connectivity index (χ2n) is 10.2. The number of nitrogens with zero attached hydrogens (tertiary/aromatic N) is 2. The lowest BCUT2D eigenvalue weighted by molar-refractivity contribution is -0.139. The molecule has 1 N–H and O–H groups in total. The molecule has 1 aliphatic rings. The lowest BCUT2D eigenvalue weighted by Crippen LogP contribution is -2.52. The molecule has 1 atom stereocenters.